The lowest BCUT2D eigenvalue weighted by molar-refractivity contribution is 0.317. The van der Waals surface area contributed by atoms with Crippen molar-refractivity contribution in [2.45, 2.75) is 19.8 Å². The van der Waals surface area contributed by atoms with Crippen LogP contribution in [0.15, 0.2) is 53.5 Å². The van der Waals surface area contributed by atoms with Crippen molar-refractivity contribution in [3.63, 3.8) is 0 Å². The summed E-state index contributed by atoms with van der Waals surface area (Å²) in [6.07, 6.45) is 6.05. The second kappa shape index (κ2) is 7.47. The fourth-order valence-corrected chi connectivity index (χ4v) is 2.84. The first-order chi connectivity index (χ1) is 11.3. The van der Waals surface area contributed by atoms with E-state index < -0.39 is 0 Å². The molecule has 2 nitrogen and oxygen atoms in total. The van der Waals surface area contributed by atoms with Crippen LogP contribution in [0.4, 0.5) is 0 Å². The van der Waals surface area contributed by atoms with Gasteiger partial charge >= 0.3 is 0 Å². The van der Waals surface area contributed by atoms with Gasteiger partial charge in [-0.2, -0.15) is 0 Å². The summed E-state index contributed by atoms with van der Waals surface area (Å²) in [7, 11) is 0. The van der Waals surface area contributed by atoms with Crippen molar-refractivity contribution in [2.75, 3.05) is 13.2 Å². The van der Waals surface area contributed by atoms with E-state index in [4.69, 9.17) is 16.3 Å². The smallest absolute Gasteiger partial charge is 0.119 e. The molecule has 2 aromatic rings. The van der Waals surface area contributed by atoms with Crippen LogP contribution in [0.3, 0.4) is 0 Å². The van der Waals surface area contributed by atoms with Crippen LogP contribution in [-0.4, -0.2) is 18.9 Å². The Hall–Kier alpha value is -2.06. The van der Waals surface area contributed by atoms with Crippen LogP contribution in [-0.2, 0) is 6.42 Å². The van der Waals surface area contributed by atoms with Crippen molar-refractivity contribution in [2.24, 2.45) is 4.99 Å². The van der Waals surface area contributed by atoms with Crippen molar-refractivity contribution in [1.82, 2.24) is 0 Å². The zero-order valence-corrected chi connectivity index (χ0v) is 14.0. The molecular weight excluding hydrogens is 306 g/mol. The predicted octanol–water partition coefficient (Wildman–Crippen LogP) is 5.19. The standard InChI is InChI=1S/C20H20ClNO/c1-2-13-23-17-8-9-18-16(14-17)11-12-22-20(18)10-7-15-5-3-4-6-19(15)21/h3-10,14H,2,11-13H2,1H3. The second-order valence-electron chi connectivity index (χ2n) is 5.54. The molecule has 0 aromatic heterocycles. The Morgan fingerprint density at radius 2 is 2.04 bits per heavy atom. The lowest BCUT2D eigenvalue weighted by atomic mass is 9.96. The number of halogens is 1. The molecule has 0 saturated heterocycles. The molecule has 1 heterocycles. The molecule has 1 aliphatic rings. The van der Waals surface area contributed by atoms with Crippen molar-refractivity contribution >= 4 is 23.4 Å². The average Bonchev–Trinajstić information content (AvgIpc) is 2.59. The summed E-state index contributed by atoms with van der Waals surface area (Å²) < 4.78 is 5.73. The van der Waals surface area contributed by atoms with Gasteiger partial charge in [-0.25, -0.2) is 0 Å². The van der Waals surface area contributed by atoms with E-state index in [1.807, 2.05) is 42.5 Å². The molecule has 0 spiro atoms. The van der Waals surface area contributed by atoms with Crippen molar-refractivity contribution < 1.29 is 4.74 Å². The Kier molecular flexibility index (Phi) is 5.14. The fourth-order valence-electron chi connectivity index (χ4n) is 2.64. The first-order valence-corrected chi connectivity index (χ1v) is 8.39. The molecule has 0 unspecified atom stereocenters. The number of ether oxygens (including phenoxy) is 1. The van der Waals surface area contributed by atoms with E-state index in [1.54, 1.807) is 0 Å². The number of fused-ring (bicyclic) bond motifs is 1. The van der Waals surface area contributed by atoms with Gasteiger partial charge in [-0.15, -0.1) is 0 Å². The third kappa shape index (κ3) is 3.83. The van der Waals surface area contributed by atoms with Crippen molar-refractivity contribution in [3.8, 4) is 5.75 Å². The lowest BCUT2D eigenvalue weighted by Crippen LogP contribution is -2.11. The summed E-state index contributed by atoms with van der Waals surface area (Å²) in [6, 6.07) is 14.1. The largest absolute Gasteiger partial charge is 0.494 e. The van der Waals surface area contributed by atoms with Crippen molar-refractivity contribution in [3.05, 3.63) is 70.3 Å². The maximum absolute atomic E-state index is 6.20. The summed E-state index contributed by atoms with van der Waals surface area (Å²) in [4.78, 5) is 4.65. The highest BCUT2D eigenvalue weighted by molar-refractivity contribution is 6.32. The third-order valence-electron chi connectivity index (χ3n) is 3.81. The molecule has 0 atom stereocenters. The van der Waals surface area contributed by atoms with Gasteiger partial charge in [-0.3, -0.25) is 4.99 Å². The molecule has 0 fully saturated rings. The molecule has 0 radical (unpaired) electrons. The van der Waals surface area contributed by atoms with E-state index in [0.29, 0.717) is 0 Å². The molecule has 3 rings (SSSR count). The summed E-state index contributed by atoms with van der Waals surface area (Å²) in [5.74, 6) is 0.946. The third-order valence-corrected chi connectivity index (χ3v) is 4.16. The zero-order chi connectivity index (χ0) is 16.1. The number of aliphatic imine (C=N–C) groups is 1. The van der Waals surface area contributed by atoms with Gasteiger partial charge in [0.25, 0.3) is 0 Å². The first kappa shape index (κ1) is 15.8. The lowest BCUT2D eigenvalue weighted by Gasteiger charge is -2.16. The number of nitrogens with zero attached hydrogens (tertiary/aromatic N) is 1. The Morgan fingerprint density at radius 1 is 1.17 bits per heavy atom. The van der Waals surface area contributed by atoms with Gasteiger partial charge < -0.3 is 4.74 Å². The highest BCUT2D eigenvalue weighted by Gasteiger charge is 2.13. The maximum atomic E-state index is 6.20. The van der Waals surface area contributed by atoms with Gasteiger partial charge in [-0.1, -0.05) is 42.8 Å². The van der Waals surface area contributed by atoms with E-state index >= 15 is 0 Å². The average molecular weight is 326 g/mol. The van der Waals surface area contributed by atoms with E-state index in [0.717, 1.165) is 48.0 Å². The van der Waals surface area contributed by atoms with Crippen LogP contribution in [0.2, 0.25) is 5.02 Å². The molecule has 0 N–H and O–H groups in total. The quantitative estimate of drug-likeness (QED) is 0.741. The van der Waals surface area contributed by atoms with E-state index in [9.17, 15) is 0 Å². The summed E-state index contributed by atoms with van der Waals surface area (Å²) in [5, 5.41) is 0.753. The van der Waals surface area contributed by atoms with Gasteiger partial charge in [0.1, 0.15) is 5.75 Å². The number of rotatable bonds is 5. The molecule has 23 heavy (non-hydrogen) atoms. The van der Waals surface area contributed by atoms with Crippen LogP contribution in [0, 0.1) is 0 Å². The molecule has 118 valence electrons. The maximum Gasteiger partial charge on any atom is 0.119 e. The highest BCUT2D eigenvalue weighted by atomic mass is 35.5. The molecule has 0 bridgehead atoms. The molecule has 2 aromatic carbocycles. The Bertz CT molecular complexity index is 749. The minimum atomic E-state index is 0.753. The molecular formula is C20H20ClNO. The summed E-state index contributed by atoms with van der Waals surface area (Å²) in [6.45, 7) is 3.68. The van der Waals surface area contributed by atoms with E-state index in [-0.39, 0.29) is 0 Å². The summed E-state index contributed by atoms with van der Waals surface area (Å²) in [5.41, 5.74) is 4.50. The molecule has 0 aliphatic carbocycles. The minimum absolute atomic E-state index is 0.753. The highest BCUT2D eigenvalue weighted by Crippen LogP contribution is 2.24. The minimum Gasteiger partial charge on any atom is -0.494 e. The molecule has 3 heteroatoms. The SMILES string of the molecule is CCCOc1ccc2c(c1)CCN=C2C=Cc1ccccc1Cl. The number of hydrogen-bond acceptors (Lipinski definition) is 2. The van der Waals surface area contributed by atoms with Gasteiger partial charge in [0.05, 0.1) is 12.3 Å². The normalized spacial score (nSPS) is 13.7. The van der Waals surface area contributed by atoms with Crippen LogP contribution in [0.25, 0.3) is 6.08 Å². The zero-order valence-electron chi connectivity index (χ0n) is 13.3. The number of benzene rings is 2. The van der Waals surface area contributed by atoms with Crippen LogP contribution in [0.5, 0.6) is 5.75 Å². The van der Waals surface area contributed by atoms with E-state index in [2.05, 4.69) is 24.0 Å². The Labute approximate surface area is 142 Å². The molecule has 1 aliphatic heterocycles. The second-order valence-corrected chi connectivity index (χ2v) is 5.95. The number of allylic oxidation sites excluding steroid dienone is 1. The number of hydrogen-bond donors (Lipinski definition) is 0. The van der Waals surface area contributed by atoms with Crippen LogP contribution in [0.1, 0.15) is 30.0 Å². The van der Waals surface area contributed by atoms with Gasteiger partial charge in [0, 0.05) is 17.1 Å². The van der Waals surface area contributed by atoms with Crippen molar-refractivity contribution in [1.29, 1.82) is 0 Å². The van der Waals surface area contributed by atoms with E-state index in [1.165, 1.54) is 11.1 Å². The van der Waals surface area contributed by atoms with Gasteiger partial charge in [0.2, 0.25) is 0 Å². The first-order valence-electron chi connectivity index (χ1n) is 8.01. The van der Waals surface area contributed by atoms with Crippen LogP contribution >= 0.6 is 11.6 Å². The fraction of sp³-hybridized carbons (Fsp3) is 0.250. The predicted molar refractivity (Wildman–Crippen MR) is 97.8 cm³/mol. The summed E-state index contributed by atoms with van der Waals surface area (Å²) >= 11 is 6.20. The molecule has 0 saturated carbocycles. The Morgan fingerprint density at radius 3 is 2.87 bits per heavy atom. The molecule has 0 amide bonds. The monoisotopic (exact) mass is 325 g/mol. The van der Waals surface area contributed by atoms with Gasteiger partial charge in [0.15, 0.2) is 0 Å². The topological polar surface area (TPSA) is 21.6 Å². The van der Waals surface area contributed by atoms with Crippen LogP contribution < -0.4 is 4.74 Å². The Balaban J connectivity index is 1.83. The van der Waals surface area contributed by atoms with Gasteiger partial charge in [-0.05, 0) is 54.3 Å².